The lowest BCUT2D eigenvalue weighted by Crippen LogP contribution is -2.00. The summed E-state index contributed by atoms with van der Waals surface area (Å²) in [5, 5.41) is 13.6. The molecule has 5 heteroatoms. The Hall–Kier alpha value is -2.95. The van der Waals surface area contributed by atoms with Crippen molar-refractivity contribution in [2.75, 3.05) is 5.32 Å². The topological polar surface area (TPSA) is 62.2 Å². The van der Waals surface area contributed by atoms with Crippen molar-refractivity contribution in [3.8, 4) is 0 Å². The quantitative estimate of drug-likeness (QED) is 0.766. The van der Waals surface area contributed by atoms with Gasteiger partial charge in [0.05, 0.1) is 5.56 Å². The van der Waals surface area contributed by atoms with Crippen LogP contribution >= 0.6 is 0 Å². The molecule has 0 amide bonds. The smallest absolute Gasteiger partial charge is 0.336 e. The van der Waals surface area contributed by atoms with Gasteiger partial charge >= 0.3 is 5.97 Å². The number of carboxylic acids is 1. The van der Waals surface area contributed by atoms with Gasteiger partial charge in [0.2, 0.25) is 0 Å². The van der Waals surface area contributed by atoms with Crippen molar-refractivity contribution in [2.45, 2.75) is 0 Å². The van der Waals surface area contributed by atoms with Crippen molar-refractivity contribution >= 4 is 28.2 Å². The van der Waals surface area contributed by atoms with E-state index in [0.29, 0.717) is 22.3 Å². The minimum atomic E-state index is -0.987. The number of hydrogen-bond acceptors (Lipinski definition) is 3. The first-order valence-corrected chi connectivity index (χ1v) is 6.29. The molecule has 2 N–H and O–H groups in total. The van der Waals surface area contributed by atoms with Crippen LogP contribution in [0.4, 0.5) is 15.9 Å². The van der Waals surface area contributed by atoms with Gasteiger partial charge in [0.15, 0.2) is 0 Å². The minimum Gasteiger partial charge on any atom is -0.478 e. The Morgan fingerprint density at radius 2 is 1.81 bits per heavy atom. The molecule has 0 saturated carbocycles. The van der Waals surface area contributed by atoms with Gasteiger partial charge in [-0.2, -0.15) is 0 Å². The van der Waals surface area contributed by atoms with Crippen molar-refractivity contribution < 1.29 is 14.3 Å². The van der Waals surface area contributed by atoms with Gasteiger partial charge < -0.3 is 10.4 Å². The maximum absolute atomic E-state index is 12.9. The molecule has 0 aliphatic heterocycles. The van der Waals surface area contributed by atoms with Crippen LogP contribution in [0, 0.1) is 5.82 Å². The van der Waals surface area contributed by atoms with Gasteiger partial charge in [-0.25, -0.2) is 14.2 Å². The molecule has 0 radical (unpaired) electrons. The van der Waals surface area contributed by atoms with E-state index in [1.54, 1.807) is 42.6 Å². The standard InChI is InChI=1S/C16H11FN2O2/c17-10-4-6-11(7-5-10)19-15-13-2-1-3-14(16(20)21)12(13)8-9-18-15/h1-9H,(H,18,19)(H,20,21). The van der Waals surface area contributed by atoms with Crippen LogP contribution in [0.2, 0.25) is 0 Å². The summed E-state index contributed by atoms with van der Waals surface area (Å²) in [5.74, 6) is -0.777. The lowest BCUT2D eigenvalue weighted by atomic mass is 10.1. The largest absolute Gasteiger partial charge is 0.478 e. The predicted molar refractivity (Wildman–Crippen MR) is 78.4 cm³/mol. The maximum Gasteiger partial charge on any atom is 0.336 e. The molecule has 1 aromatic heterocycles. The molecule has 2 aromatic carbocycles. The van der Waals surface area contributed by atoms with E-state index in [0.717, 1.165) is 0 Å². The molecule has 0 fully saturated rings. The molecular weight excluding hydrogens is 271 g/mol. The van der Waals surface area contributed by atoms with Gasteiger partial charge in [-0.15, -0.1) is 0 Å². The van der Waals surface area contributed by atoms with Crippen LogP contribution in [-0.2, 0) is 0 Å². The number of anilines is 2. The second kappa shape index (κ2) is 5.20. The fraction of sp³-hybridized carbons (Fsp3) is 0. The Bertz CT molecular complexity index is 816. The highest BCUT2D eigenvalue weighted by Crippen LogP contribution is 2.26. The molecule has 0 unspecified atom stereocenters. The number of nitrogens with zero attached hydrogens (tertiary/aromatic N) is 1. The van der Waals surface area contributed by atoms with Gasteiger partial charge in [0.1, 0.15) is 11.6 Å². The highest BCUT2D eigenvalue weighted by atomic mass is 19.1. The second-order valence-corrected chi connectivity index (χ2v) is 4.50. The summed E-state index contributed by atoms with van der Waals surface area (Å²) in [5.41, 5.74) is 0.897. The normalized spacial score (nSPS) is 10.5. The molecular formula is C16H11FN2O2. The monoisotopic (exact) mass is 282 g/mol. The van der Waals surface area contributed by atoms with Crippen LogP contribution in [0.5, 0.6) is 0 Å². The van der Waals surface area contributed by atoms with Crippen LogP contribution < -0.4 is 5.32 Å². The van der Waals surface area contributed by atoms with E-state index in [4.69, 9.17) is 0 Å². The molecule has 104 valence electrons. The molecule has 3 aromatic rings. The number of benzene rings is 2. The van der Waals surface area contributed by atoms with Crippen molar-refractivity contribution in [3.63, 3.8) is 0 Å². The van der Waals surface area contributed by atoms with Crippen molar-refractivity contribution in [3.05, 3.63) is 66.1 Å². The van der Waals surface area contributed by atoms with E-state index in [1.807, 2.05) is 0 Å². The molecule has 21 heavy (non-hydrogen) atoms. The Labute approximate surface area is 119 Å². The highest BCUT2D eigenvalue weighted by Gasteiger charge is 2.10. The minimum absolute atomic E-state index is 0.219. The zero-order valence-corrected chi connectivity index (χ0v) is 10.9. The molecule has 0 aliphatic rings. The highest BCUT2D eigenvalue weighted by molar-refractivity contribution is 6.06. The third-order valence-corrected chi connectivity index (χ3v) is 3.14. The van der Waals surface area contributed by atoms with Crippen LogP contribution in [0.25, 0.3) is 10.8 Å². The second-order valence-electron chi connectivity index (χ2n) is 4.50. The average molecular weight is 282 g/mol. The van der Waals surface area contributed by atoms with E-state index in [9.17, 15) is 14.3 Å². The van der Waals surface area contributed by atoms with Crippen LogP contribution in [0.15, 0.2) is 54.7 Å². The molecule has 3 rings (SSSR count). The first kappa shape index (κ1) is 13.1. The van der Waals surface area contributed by atoms with Crippen molar-refractivity contribution in [2.24, 2.45) is 0 Å². The van der Waals surface area contributed by atoms with Gasteiger partial charge in [-0.05, 0) is 36.4 Å². The fourth-order valence-corrected chi connectivity index (χ4v) is 2.16. The van der Waals surface area contributed by atoms with Crippen LogP contribution in [0.1, 0.15) is 10.4 Å². The number of carbonyl (C=O) groups is 1. The molecule has 1 heterocycles. The Morgan fingerprint density at radius 1 is 1.05 bits per heavy atom. The molecule has 0 atom stereocenters. The summed E-state index contributed by atoms with van der Waals surface area (Å²) in [4.78, 5) is 15.5. The number of hydrogen-bond donors (Lipinski definition) is 2. The summed E-state index contributed by atoms with van der Waals surface area (Å²) in [6.45, 7) is 0. The lowest BCUT2D eigenvalue weighted by molar-refractivity contribution is 0.0699. The first-order chi connectivity index (χ1) is 10.1. The summed E-state index contributed by atoms with van der Waals surface area (Å²) in [7, 11) is 0. The van der Waals surface area contributed by atoms with E-state index >= 15 is 0 Å². The number of halogens is 1. The number of rotatable bonds is 3. The number of pyridine rings is 1. The van der Waals surface area contributed by atoms with Crippen LogP contribution in [0.3, 0.4) is 0 Å². The molecule has 0 bridgehead atoms. The average Bonchev–Trinajstić information content (AvgIpc) is 2.49. The SMILES string of the molecule is O=C(O)c1cccc2c(Nc3ccc(F)cc3)nccc12. The Balaban J connectivity index is 2.09. The maximum atomic E-state index is 12.9. The first-order valence-electron chi connectivity index (χ1n) is 6.29. The van der Waals surface area contributed by atoms with Gasteiger partial charge in [-0.1, -0.05) is 12.1 Å². The molecule has 0 spiro atoms. The summed E-state index contributed by atoms with van der Waals surface area (Å²) in [6, 6.07) is 12.5. The number of carboxylic acid groups (broad SMARTS) is 1. The van der Waals surface area contributed by atoms with E-state index in [2.05, 4.69) is 10.3 Å². The fourth-order valence-electron chi connectivity index (χ4n) is 2.16. The van der Waals surface area contributed by atoms with Crippen molar-refractivity contribution in [1.29, 1.82) is 0 Å². The van der Waals surface area contributed by atoms with Crippen LogP contribution in [-0.4, -0.2) is 16.1 Å². The predicted octanol–water partition coefficient (Wildman–Crippen LogP) is 3.82. The Morgan fingerprint density at radius 3 is 2.52 bits per heavy atom. The summed E-state index contributed by atoms with van der Waals surface area (Å²) in [6.07, 6.45) is 1.54. The van der Waals surface area contributed by atoms with Gasteiger partial charge in [0, 0.05) is 22.7 Å². The molecule has 4 nitrogen and oxygen atoms in total. The summed E-state index contributed by atoms with van der Waals surface area (Å²) < 4.78 is 12.9. The number of aromatic nitrogens is 1. The van der Waals surface area contributed by atoms with Crippen molar-refractivity contribution in [1.82, 2.24) is 4.98 Å². The zero-order chi connectivity index (χ0) is 14.8. The van der Waals surface area contributed by atoms with Gasteiger partial charge in [0.25, 0.3) is 0 Å². The van der Waals surface area contributed by atoms with E-state index in [1.165, 1.54) is 12.1 Å². The third-order valence-electron chi connectivity index (χ3n) is 3.14. The number of aromatic carboxylic acids is 1. The molecule has 0 saturated heterocycles. The summed E-state index contributed by atoms with van der Waals surface area (Å²) >= 11 is 0. The zero-order valence-electron chi connectivity index (χ0n) is 10.9. The number of fused-ring (bicyclic) bond motifs is 1. The van der Waals surface area contributed by atoms with E-state index in [-0.39, 0.29) is 11.4 Å². The van der Waals surface area contributed by atoms with Gasteiger partial charge in [-0.3, -0.25) is 0 Å². The Kier molecular flexibility index (Phi) is 3.23. The lowest BCUT2D eigenvalue weighted by Gasteiger charge is -2.10. The third kappa shape index (κ3) is 2.53. The molecule has 0 aliphatic carbocycles. The van der Waals surface area contributed by atoms with E-state index < -0.39 is 5.97 Å². The number of nitrogens with one attached hydrogen (secondary N) is 1.